The quantitative estimate of drug-likeness (QED) is 0.716. The molecule has 2 fully saturated rings. The Kier molecular flexibility index (Phi) is 4.60. The summed E-state index contributed by atoms with van der Waals surface area (Å²) in [6.45, 7) is 4.01. The smallest absolute Gasteiger partial charge is 0.317 e. The molecule has 1 unspecified atom stereocenters. The van der Waals surface area contributed by atoms with E-state index in [1.165, 1.54) is 0 Å². The number of carbonyl (C=O) groups excluding carboxylic acids is 1. The fraction of sp³-hybridized carbons (Fsp3) is 0.833. The van der Waals surface area contributed by atoms with Crippen LogP contribution in [0.5, 0.6) is 0 Å². The first-order chi connectivity index (χ1) is 9.04. The fourth-order valence-corrected chi connectivity index (χ4v) is 2.41. The van der Waals surface area contributed by atoms with Gasteiger partial charge in [0.1, 0.15) is 0 Å². The number of nitrogens with one attached hydrogen (secondary N) is 1. The molecule has 0 spiro atoms. The van der Waals surface area contributed by atoms with Crippen molar-refractivity contribution in [1.82, 2.24) is 15.1 Å². The Morgan fingerprint density at radius 1 is 1.37 bits per heavy atom. The number of nitrogens with zero attached hydrogens (tertiary/aromatic N) is 2. The van der Waals surface area contributed by atoms with E-state index in [0.717, 1.165) is 13.1 Å². The lowest BCUT2D eigenvalue weighted by molar-refractivity contribution is -0.139. The average molecular weight is 271 g/mol. The highest BCUT2D eigenvalue weighted by Gasteiger charge is 2.32. The Bertz CT molecular complexity index is 344. The second kappa shape index (κ2) is 6.21. The van der Waals surface area contributed by atoms with Crippen LogP contribution < -0.4 is 5.32 Å². The van der Waals surface area contributed by atoms with Gasteiger partial charge in [-0.3, -0.25) is 4.79 Å². The summed E-state index contributed by atoms with van der Waals surface area (Å²) in [6.07, 6.45) is 0.180. The van der Waals surface area contributed by atoms with Gasteiger partial charge in [0.15, 0.2) is 0 Å². The van der Waals surface area contributed by atoms with E-state index in [0.29, 0.717) is 26.2 Å². The summed E-state index contributed by atoms with van der Waals surface area (Å²) in [5.41, 5.74) is 0. The molecular formula is C12H21N3O4. The van der Waals surface area contributed by atoms with Crippen LogP contribution in [0.25, 0.3) is 0 Å². The van der Waals surface area contributed by atoms with E-state index in [1.807, 2.05) is 7.05 Å². The van der Waals surface area contributed by atoms with Crippen LogP contribution in [0.2, 0.25) is 0 Å². The van der Waals surface area contributed by atoms with Crippen molar-refractivity contribution in [3.05, 3.63) is 0 Å². The molecule has 0 saturated carbocycles. The van der Waals surface area contributed by atoms with Crippen LogP contribution in [-0.4, -0.2) is 79.4 Å². The highest BCUT2D eigenvalue weighted by atomic mass is 16.5. The molecule has 108 valence electrons. The average Bonchev–Trinajstić information content (AvgIpc) is 2.30. The molecule has 0 bridgehead atoms. The summed E-state index contributed by atoms with van der Waals surface area (Å²) in [6, 6.07) is -0.126. The third-order valence-corrected chi connectivity index (χ3v) is 3.53. The SMILES string of the molecule is CN1CCOC(CNC(=O)N2CC(CC(=O)O)C2)C1. The summed E-state index contributed by atoms with van der Waals surface area (Å²) in [5.74, 6) is -0.705. The molecule has 2 amide bonds. The van der Waals surface area contributed by atoms with E-state index in [4.69, 9.17) is 9.84 Å². The normalized spacial score (nSPS) is 24.9. The number of hydrogen-bond donors (Lipinski definition) is 2. The van der Waals surface area contributed by atoms with E-state index >= 15 is 0 Å². The number of hydrogen-bond acceptors (Lipinski definition) is 4. The Hall–Kier alpha value is -1.34. The molecule has 7 nitrogen and oxygen atoms in total. The summed E-state index contributed by atoms with van der Waals surface area (Å²) >= 11 is 0. The molecule has 19 heavy (non-hydrogen) atoms. The molecule has 2 heterocycles. The first-order valence-electron chi connectivity index (χ1n) is 6.59. The molecule has 2 aliphatic rings. The van der Waals surface area contributed by atoms with Gasteiger partial charge in [0, 0.05) is 38.6 Å². The maximum atomic E-state index is 11.8. The first-order valence-corrected chi connectivity index (χ1v) is 6.59. The third-order valence-electron chi connectivity index (χ3n) is 3.53. The summed E-state index contributed by atoms with van der Waals surface area (Å²) in [4.78, 5) is 26.1. The van der Waals surface area contributed by atoms with E-state index in [9.17, 15) is 9.59 Å². The van der Waals surface area contributed by atoms with Crippen molar-refractivity contribution in [1.29, 1.82) is 0 Å². The molecule has 2 aliphatic heterocycles. The zero-order valence-electron chi connectivity index (χ0n) is 11.2. The molecule has 2 saturated heterocycles. The summed E-state index contributed by atoms with van der Waals surface area (Å²) < 4.78 is 5.55. The third kappa shape index (κ3) is 4.07. The van der Waals surface area contributed by atoms with Crippen LogP contribution in [0.1, 0.15) is 6.42 Å². The monoisotopic (exact) mass is 271 g/mol. The molecule has 0 aliphatic carbocycles. The number of carbonyl (C=O) groups is 2. The Morgan fingerprint density at radius 3 is 2.74 bits per heavy atom. The van der Waals surface area contributed by atoms with E-state index in [-0.39, 0.29) is 24.5 Å². The number of likely N-dealkylation sites (N-methyl/N-ethyl adjacent to an activating group) is 1. The van der Waals surface area contributed by atoms with Crippen molar-refractivity contribution in [3.8, 4) is 0 Å². The van der Waals surface area contributed by atoms with Crippen molar-refractivity contribution in [2.75, 3.05) is 46.4 Å². The van der Waals surface area contributed by atoms with Crippen LogP contribution in [0.4, 0.5) is 4.79 Å². The van der Waals surface area contributed by atoms with Crippen molar-refractivity contribution in [3.63, 3.8) is 0 Å². The lowest BCUT2D eigenvalue weighted by atomic mass is 9.97. The van der Waals surface area contributed by atoms with Crippen LogP contribution in [0.15, 0.2) is 0 Å². The zero-order chi connectivity index (χ0) is 13.8. The van der Waals surface area contributed by atoms with Gasteiger partial charge in [-0.05, 0) is 7.05 Å². The first kappa shape index (κ1) is 14.1. The predicted molar refractivity (Wildman–Crippen MR) is 68.0 cm³/mol. The largest absolute Gasteiger partial charge is 0.481 e. The number of morpholine rings is 1. The van der Waals surface area contributed by atoms with Gasteiger partial charge in [-0.15, -0.1) is 0 Å². The molecule has 0 radical (unpaired) electrons. The second-order valence-electron chi connectivity index (χ2n) is 5.31. The molecular weight excluding hydrogens is 250 g/mol. The van der Waals surface area contributed by atoms with Gasteiger partial charge < -0.3 is 25.0 Å². The Labute approximate surface area is 112 Å². The number of likely N-dealkylation sites (tertiary alicyclic amines) is 1. The van der Waals surface area contributed by atoms with E-state index in [1.54, 1.807) is 4.90 Å². The summed E-state index contributed by atoms with van der Waals surface area (Å²) in [5, 5.41) is 11.5. The minimum absolute atomic E-state index is 0.0405. The minimum atomic E-state index is -0.802. The lowest BCUT2D eigenvalue weighted by Gasteiger charge is -2.39. The number of carboxylic acids is 1. The second-order valence-corrected chi connectivity index (χ2v) is 5.31. The zero-order valence-corrected chi connectivity index (χ0v) is 11.2. The van der Waals surface area contributed by atoms with Crippen molar-refractivity contribution in [2.24, 2.45) is 5.92 Å². The number of rotatable bonds is 4. The highest BCUT2D eigenvalue weighted by Crippen LogP contribution is 2.18. The number of urea groups is 1. The molecule has 0 aromatic carbocycles. The molecule has 0 aromatic rings. The van der Waals surface area contributed by atoms with Gasteiger partial charge in [0.05, 0.1) is 19.1 Å². The van der Waals surface area contributed by atoms with Crippen LogP contribution in [0.3, 0.4) is 0 Å². The predicted octanol–water partition coefficient (Wildman–Crippen LogP) is -0.567. The van der Waals surface area contributed by atoms with Crippen LogP contribution >= 0.6 is 0 Å². The molecule has 2 rings (SSSR count). The Morgan fingerprint density at radius 2 is 2.11 bits per heavy atom. The van der Waals surface area contributed by atoms with Gasteiger partial charge in [-0.1, -0.05) is 0 Å². The number of ether oxygens (including phenoxy) is 1. The maximum Gasteiger partial charge on any atom is 0.317 e. The van der Waals surface area contributed by atoms with Crippen molar-refractivity contribution >= 4 is 12.0 Å². The van der Waals surface area contributed by atoms with Crippen LogP contribution in [0, 0.1) is 5.92 Å². The molecule has 0 aromatic heterocycles. The van der Waals surface area contributed by atoms with Gasteiger partial charge in [0.2, 0.25) is 0 Å². The molecule has 2 N–H and O–H groups in total. The van der Waals surface area contributed by atoms with E-state index in [2.05, 4.69) is 10.2 Å². The van der Waals surface area contributed by atoms with Crippen LogP contribution in [-0.2, 0) is 9.53 Å². The van der Waals surface area contributed by atoms with Gasteiger partial charge in [-0.2, -0.15) is 0 Å². The van der Waals surface area contributed by atoms with Crippen molar-refractivity contribution < 1.29 is 19.4 Å². The fourth-order valence-electron chi connectivity index (χ4n) is 2.41. The number of amides is 2. The van der Waals surface area contributed by atoms with Crippen molar-refractivity contribution in [2.45, 2.75) is 12.5 Å². The highest BCUT2D eigenvalue weighted by molar-refractivity contribution is 5.75. The lowest BCUT2D eigenvalue weighted by Crippen LogP contribution is -2.56. The van der Waals surface area contributed by atoms with Gasteiger partial charge in [-0.25, -0.2) is 4.79 Å². The molecule has 1 atom stereocenters. The maximum absolute atomic E-state index is 11.8. The molecule has 7 heteroatoms. The topological polar surface area (TPSA) is 82.1 Å². The number of aliphatic carboxylic acids is 1. The standard InChI is InChI=1S/C12H21N3O4/c1-14-2-3-19-10(8-14)5-13-12(18)15-6-9(7-15)4-11(16)17/h9-10H,2-8H2,1H3,(H,13,18)(H,16,17). The summed E-state index contributed by atoms with van der Waals surface area (Å²) in [7, 11) is 2.03. The van der Waals surface area contributed by atoms with E-state index < -0.39 is 5.97 Å². The minimum Gasteiger partial charge on any atom is -0.481 e. The number of carboxylic acid groups (broad SMARTS) is 1. The van der Waals surface area contributed by atoms with Gasteiger partial charge >= 0.3 is 12.0 Å². The van der Waals surface area contributed by atoms with Gasteiger partial charge in [0.25, 0.3) is 0 Å². The Balaban J connectivity index is 1.62.